The van der Waals surface area contributed by atoms with Crippen LogP contribution in [0.25, 0.3) is 11.3 Å². The molecular weight excluding hydrogens is 246 g/mol. The lowest BCUT2D eigenvalue weighted by molar-refractivity contribution is 0.593. The summed E-state index contributed by atoms with van der Waals surface area (Å²) in [4.78, 5) is 8.47. The molecule has 3 rings (SSSR count). The van der Waals surface area contributed by atoms with E-state index in [-0.39, 0.29) is 5.41 Å². The molecule has 0 bridgehead atoms. The molecule has 0 saturated heterocycles. The largest absolute Gasteiger partial charge is 0.345 e. The topological polar surface area (TPSA) is 40.7 Å². The Bertz CT molecular complexity index is 636. The van der Waals surface area contributed by atoms with Crippen molar-refractivity contribution in [3.8, 4) is 11.3 Å². The Balaban J connectivity index is 2.03. The van der Waals surface area contributed by atoms with E-state index in [9.17, 15) is 0 Å². The standard InChI is InChI=1S/C17H23N3/c1-11-5-6-12(2)14(9-11)15-13(3)19-16(20-15)17(7-8-17)10-18-4/h5-6,9,18H,7-8,10H2,1-4H3,(H,19,20). The molecule has 1 saturated carbocycles. The Hall–Kier alpha value is -1.61. The number of nitrogens with zero attached hydrogens (tertiary/aromatic N) is 1. The van der Waals surface area contributed by atoms with Gasteiger partial charge in [-0.1, -0.05) is 17.7 Å². The zero-order chi connectivity index (χ0) is 14.3. The summed E-state index contributed by atoms with van der Waals surface area (Å²) in [6, 6.07) is 6.57. The molecule has 20 heavy (non-hydrogen) atoms. The molecule has 0 unspecified atom stereocenters. The number of aromatic amines is 1. The van der Waals surface area contributed by atoms with Crippen LogP contribution in [0.15, 0.2) is 18.2 Å². The van der Waals surface area contributed by atoms with E-state index >= 15 is 0 Å². The minimum Gasteiger partial charge on any atom is -0.345 e. The quantitative estimate of drug-likeness (QED) is 0.894. The number of hydrogen-bond donors (Lipinski definition) is 2. The number of H-pyrrole nitrogens is 1. The van der Waals surface area contributed by atoms with E-state index in [1.165, 1.54) is 35.2 Å². The van der Waals surface area contributed by atoms with Crippen molar-refractivity contribution in [1.29, 1.82) is 0 Å². The summed E-state index contributed by atoms with van der Waals surface area (Å²) in [6.07, 6.45) is 2.46. The van der Waals surface area contributed by atoms with E-state index in [2.05, 4.69) is 49.3 Å². The average molecular weight is 269 g/mol. The second kappa shape index (κ2) is 4.74. The van der Waals surface area contributed by atoms with Crippen LogP contribution in [0.5, 0.6) is 0 Å². The number of benzene rings is 1. The molecule has 106 valence electrons. The molecule has 2 N–H and O–H groups in total. The van der Waals surface area contributed by atoms with Gasteiger partial charge in [0.25, 0.3) is 0 Å². The van der Waals surface area contributed by atoms with Gasteiger partial charge in [-0.2, -0.15) is 0 Å². The van der Waals surface area contributed by atoms with Crippen LogP contribution in [0.4, 0.5) is 0 Å². The van der Waals surface area contributed by atoms with E-state index in [0.29, 0.717) is 0 Å². The second-order valence-electron chi connectivity index (χ2n) is 6.19. The van der Waals surface area contributed by atoms with Gasteiger partial charge in [-0.3, -0.25) is 0 Å². The molecule has 3 nitrogen and oxygen atoms in total. The van der Waals surface area contributed by atoms with Crippen molar-refractivity contribution >= 4 is 0 Å². The number of nitrogens with one attached hydrogen (secondary N) is 2. The van der Waals surface area contributed by atoms with Gasteiger partial charge in [0.15, 0.2) is 0 Å². The second-order valence-corrected chi connectivity index (χ2v) is 6.19. The molecule has 1 aliphatic rings. The van der Waals surface area contributed by atoms with Gasteiger partial charge in [-0.25, -0.2) is 4.98 Å². The van der Waals surface area contributed by atoms with Gasteiger partial charge in [-0.05, 0) is 52.3 Å². The molecule has 1 aromatic carbocycles. The molecular formula is C17H23N3. The Morgan fingerprint density at radius 3 is 2.65 bits per heavy atom. The SMILES string of the molecule is CNCC1(c2nc(-c3cc(C)ccc3C)c(C)[nH]2)CC1. The molecule has 2 aromatic rings. The van der Waals surface area contributed by atoms with Gasteiger partial charge >= 0.3 is 0 Å². The van der Waals surface area contributed by atoms with E-state index in [1.54, 1.807) is 0 Å². The molecule has 0 radical (unpaired) electrons. The first-order chi connectivity index (χ1) is 9.55. The van der Waals surface area contributed by atoms with Gasteiger partial charge in [-0.15, -0.1) is 0 Å². The third-order valence-electron chi connectivity index (χ3n) is 4.40. The third kappa shape index (κ3) is 2.16. The number of hydrogen-bond acceptors (Lipinski definition) is 2. The van der Waals surface area contributed by atoms with Gasteiger partial charge < -0.3 is 10.3 Å². The van der Waals surface area contributed by atoms with Crippen LogP contribution in [-0.4, -0.2) is 23.6 Å². The van der Waals surface area contributed by atoms with Gasteiger partial charge in [0, 0.05) is 23.2 Å². The van der Waals surface area contributed by atoms with E-state index < -0.39 is 0 Å². The predicted octanol–water partition coefficient (Wildman–Crippen LogP) is 3.25. The fraction of sp³-hybridized carbons (Fsp3) is 0.471. The zero-order valence-corrected chi connectivity index (χ0v) is 12.8. The molecule has 0 amide bonds. The maximum atomic E-state index is 4.94. The van der Waals surface area contributed by atoms with E-state index in [1.807, 2.05) is 7.05 Å². The van der Waals surface area contributed by atoms with Crippen molar-refractivity contribution in [2.75, 3.05) is 13.6 Å². The normalized spacial score (nSPS) is 16.4. The summed E-state index contributed by atoms with van der Waals surface area (Å²) < 4.78 is 0. The zero-order valence-electron chi connectivity index (χ0n) is 12.8. The summed E-state index contributed by atoms with van der Waals surface area (Å²) in [7, 11) is 2.02. The summed E-state index contributed by atoms with van der Waals surface area (Å²) in [5, 5.41) is 3.30. The fourth-order valence-electron chi connectivity index (χ4n) is 2.95. The van der Waals surface area contributed by atoms with Crippen molar-refractivity contribution in [1.82, 2.24) is 15.3 Å². The lowest BCUT2D eigenvalue weighted by Gasteiger charge is -2.10. The smallest absolute Gasteiger partial charge is 0.114 e. The Kier molecular flexibility index (Phi) is 3.17. The highest BCUT2D eigenvalue weighted by molar-refractivity contribution is 5.67. The predicted molar refractivity (Wildman–Crippen MR) is 83.1 cm³/mol. The first-order valence-corrected chi connectivity index (χ1v) is 7.35. The summed E-state index contributed by atoms with van der Waals surface area (Å²) in [6.45, 7) is 7.42. The lowest BCUT2D eigenvalue weighted by Crippen LogP contribution is -2.24. The van der Waals surface area contributed by atoms with Crippen LogP contribution < -0.4 is 5.32 Å². The molecule has 1 aromatic heterocycles. The highest BCUT2D eigenvalue weighted by Crippen LogP contribution is 2.47. The van der Waals surface area contributed by atoms with E-state index in [4.69, 9.17) is 4.98 Å². The molecule has 1 aliphatic carbocycles. The summed E-state index contributed by atoms with van der Waals surface area (Å²) >= 11 is 0. The molecule has 0 spiro atoms. The highest BCUT2D eigenvalue weighted by atomic mass is 15.0. The minimum atomic E-state index is 0.246. The fourth-order valence-corrected chi connectivity index (χ4v) is 2.95. The van der Waals surface area contributed by atoms with Crippen LogP contribution >= 0.6 is 0 Å². The van der Waals surface area contributed by atoms with Crippen molar-refractivity contribution < 1.29 is 0 Å². The number of imidazole rings is 1. The molecule has 3 heteroatoms. The van der Waals surface area contributed by atoms with Crippen molar-refractivity contribution in [2.24, 2.45) is 0 Å². The first kappa shape index (κ1) is 13.4. The first-order valence-electron chi connectivity index (χ1n) is 7.35. The number of rotatable bonds is 4. The molecule has 0 atom stereocenters. The van der Waals surface area contributed by atoms with E-state index in [0.717, 1.165) is 18.1 Å². The van der Waals surface area contributed by atoms with Crippen LogP contribution in [0.3, 0.4) is 0 Å². The molecule has 1 fully saturated rings. The Morgan fingerprint density at radius 1 is 1.25 bits per heavy atom. The number of aromatic nitrogens is 2. The average Bonchev–Trinajstić information content (AvgIpc) is 3.09. The maximum Gasteiger partial charge on any atom is 0.114 e. The monoisotopic (exact) mass is 269 g/mol. The maximum absolute atomic E-state index is 4.94. The van der Waals surface area contributed by atoms with Gasteiger partial charge in [0.1, 0.15) is 5.82 Å². The lowest BCUT2D eigenvalue weighted by atomic mass is 10.0. The number of aryl methyl sites for hydroxylation is 3. The van der Waals surface area contributed by atoms with Crippen LogP contribution in [0, 0.1) is 20.8 Å². The Morgan fingerprint density at radius 2 is 2.00 bits per heavy atom. The van der Waals surface area contributed by atoms with Crippen molar-refractivity contribution in [2.45, 2.75) is 39.0 Å². The molecule has 1 heterocycles. The van der Waals surface area contributed by atoms with Crippen molar-refractivity contribution in [3.63, 3.8) is 0 Å². The highest BCUT2D eigenvalue weighted by Gasteiger charge is 2.46. The summed E-state index contributed by atoms with van der Waals surface area (Å²) in [5.74, 6) is 1.15. The Labute approximate surface area is 120 Å². The van der Waals surface area contributed by atoms with Gasteiger partial charge in [0.05, 0.1) is 5.69 Å². The minimum absolute atomic E-state index is 0.246. The van der Waals surface area contributed by atoms with Crippen LogP contribution in [0.1, 0.15) is 35.5 Å². The van der Waals surface area contributed by atoms with Crippen molar-refractivity contribution in [3.05, 3.63) is 40.8 Å². The van der Waals surface area contributed by atoms with Crippen LogP contribution in [0.2, 0.25) is 0 Å². The van der Waals surface area contributed by atoms with Crippen LogP contribution in [-0.2, 0) is 5.41 Å². The summed E-state index contributed by atoms with van der Waals surface area (Å²) in [5.41, 5.74) is 6.36. The van der Waals surface area contributed by atoms with Gasteiger partial charge in [0.2, 0.25) is 0 Å². The third-order valence-corrected chi connectivity index (χ3v) is 4.40. The molecule has 0 aliphatic heterocycles. The number of likely N-dealkylation sites (N-methyl/N-ethyl adjacent to an activating group) is 1.